The van der Waals surface area contributed by atoms with Gasteiger partial charge in [0.1, 0.15) is 0 Å². The third kappa shape index (κ3) is 4.24. The van der Waals surface area contributed by atoms with E-state index in [1.165, 1.54) is 0 Å². The summed E-state index contributed by atoms with van der Waals surface area (Å²) in [7, 11) is 0. The van der Waals surface area contributed by atoms with Gasteiger partial charge in [-0.15, -0.1) is 0 Å². The predicted molar refractivity (Wildman–Crippen MR) is 83.1 cm³/mol. The lowest BCUT2D eigenvalue weighted by Crippen LogP contribution is -2.68. The van der Waals surface area contributed by atoms with Crippen molar-refractivity contribution in [2.45, 2.75) is 65.3 Å². The van der Waals surface area contributed by atoms with Crippen LogP contribution in [0.25, 0.3) is 0 Å². The Kier molecular flexibility index (Phi) is 7.59. The SMILES string of the molecule is CCOC(=O)[C@@H]1O[C@](C)(OCC)[C@@](C)(OCC)O[C@H]1C(=O)OCC. The zero-order valence-corrected chi connectivity index (χ0v) is 15.2. The van der Waals surface area contributed by atoms with E-state index in [-0.39, 0.29) is 13.2 Å². The number of hydrogen-bond acceptors (Lipinski definition) is 8. The van der Waals surface area contributed by atoms with Crippen LogP contribution in [0.5, 0.6) is 0 Å². The fourth-order valence-electron chi connectivity index (χ4n) is 2.50. The van der Waals surface area contributed by atoms with Gasteiger partial charge in [0.2, 0.25) is 11.6 Å². The van der Waals surface area contributed by atoms with Crippen LogP contribution >= 0.6 is 0 Å². The van der Waals surface area contributed by atoms with Crippen LogP contribution in [0.15, 0.2) is 0 Å². The molecule has 0 spiro atoms. The van der Waals surface area contributed by atoms with E-state index in [1.807, 2.05) is 0 Å². The number of esters is 2. The average Bonchev–Trinajstić information content (AvgIpc) is 2.51. The van der Waals surface area contributed by atoms with Gasteiger partial charge in [0.15, 0.2) is 12.2 Å². The van der Waals surface area contributed by atoms with Crippen molar-refractivity contribution in [2.75, 3.05) is 26.4 Å². The smallest absolute Gasteiger partial charge is 0.338 e. The van der Waals surface area contributed by atoms with Gasteiger partial charge in [-0.2, -0.15) is 0 Å². The summed E-state index contributed by atoms with van der Waals surface area (Å²) in [5.74, 6) is -4.25. The van der Waals surface area contributed by atoms with Crippen molar-refractivity contribution in [3.05, 3.63) is 0 Å². The highest BCUT2D eigenvalue weighted by Crippen LogP contribution is 2.40. The largest absolute Gasteiger partial charge is 0.464 e. The molecule has 1 heterocycles. The highest BCUT2D eigenvalue weighted by Gasteiger charge is 2.61. The lowest BCUT2D eigenvalue weighted by molar-refractivity contribution is -0.447. The molecule has 0 N–H and O–H groups in total. The first-order valence-corrected chi connectivity index (χ1v) is 8.25. The maximum absolute atomic E-state index is 12.2. The van der Waals surface area contributed by atoms with Gasteiger partial charge < -0.3 is 28.4 Å². The third-order valence-electron chi connectivity index (χ3n) is 3.68. The number of carbonyl (C=O) groups is 2. The molecule has 140 valence electrons. The lowest BCUT2D eigenvalue weighted by atomic mass is 10.0. The van der Waals surface area contributed by atoms with Gasteiger partial charge in [0.25, 0.3) is 0 Å². The summed E-state index contributed by atoms with van der Waals surface area (Å²) in [5, 5.41) is 0. The second-order valence-corrected chi connectivity index (χ2v) is 5.34. The van der Waals surface area contributed by atoms with Crippen molar-refractivity contribution in [3.8, 4) is 0 Å². The Hall–Kier alpha value is -1.22. The molecule has 8 nitrogen and oxygen atoms in total. The summed E-state index contributed by atoms with van der Waals surface area (Å²) in [6, 6.07) is 0. The maximum Gasteiger partial charge on any atom is 0.338 e. The second-order valence-electron chi connectivity index (χ2n) is 5.34. The van der Waals surface area contributed by atoms with E-state index in [4.69, 9.17) is 28.4 Å². The molecule has 24 heavy (non-hydrogen) atoms. The fraction of sp³-hybridized carbons (Fsp3) is 0.875. The van der Waals surface area contributed by atoms with Crippen LogP contribution in [-0.4, -0.2) is 62.1 Å². The molecule has 4 atom stereocenters. The molecular formula is C16H28O8. The minimum Gasteiger partial charge on any atom is -0.464 e. The van der Waals surface area contributed by atoms with Crippen LogP contribution in [0, 0.1) is 0 Å². The highest BCUT2D eigenvalue weighted by atomic mass is 16.8. The van der Waals surface area contributed by atoms with Crippen LogP contribution in [0.1, 0.15) is 41.5 Å². The summed E-state index contributed by atoms with van der Waals surface area (Å²) < 4.78 is 32.9. The second kappa shape index (κ2) is 8.75. The minimum absolute atomic E-state index is 0.141. The highest BCUT2D eigenvalue weighted by molar-refractivity contribution is 5.86. The van der Waals surface area contributed by atoms with Gasteiger partial charge in [-0.25, -0.2) is 9.59 Å². The Morgan fingerprint density at radius 3 is 1.33 bits per heavy atom. The molecule has 0 aromatic rings. The number of carbonyl (C=O) groups excluding carboxylic acids is 2. The lowest BCUT2D eigenvalue weighted by Gasteiger charge is -2.51. The van der Waals surface area contributed by atoms with Crippen LogP contribution in [0.3, 0.4) is 0 Å². The monoisotopic (exact) mass is 348 g/mol. The molecule has 0 aromatic carbocycles. The van der Waals surface area contributed by atoms with Crippen LogP contribution in [0.4, 0.5) is 0 Å². The number of hydrogen-bond donors (Lipinski definition) is 0. The average molecular weight is 348 g/mol. The summed E-state index contributed by atoms with van der Waals surface area (Å²) in [5.41, 5.74) is 0. The molecule has 8 heteroatoms. The summed E-state index contributed by atoms with van der Waals surface area (Å²) in [6.45, 7) is 10.9. The third-order valence-corrected chi connectivity index (χ3v) is 3.68. The fourth-order valence-corrected chi connectivity index (χ4v) is 2.50. The molecule has 0 radical (unpaired) electrons. The molecule has 1 saturated heterocycles. The first-order chi connectivity index (χ1) is 11.3. The number of ether oxygens (including phenoxy) is 6. The van der Waals surface area contributed by atoms with E-state index < -0.39 is 35.7 Å². The van der Waals surface area contributed by atoms with Crippen molar-refractivity contribution in [3.63, 3.8) is 0 Å². The molecule has 1 fully saturated rings. The summed E-state index contributed by atoms with van der Waals surface area (Å²) >= 11 is 0. The Morgan fingerprint density at radius 2 is 1.08 bits per heavy atom. The van der Waals surface area contributed by atoms with Crippen molar-refractivity contribution < 1.29 is 38.0 Å². The van der Waals surface area contributed by atoms with Gasteiger partial charge in [-0.05, 0) is 41.5 Å². The Bertz CT molecular complexity index is 400. The molecule has 0 aliphatic carbocycles. The normalized spacial score (nSPS) is 33.1. The summed E-state index contributed by atoms with van der Waals surface area (Å²) in [6.07, 6.45) is -2.62. The van der Waals surface area contributed by atoms with Crippen LogP contribution in [0.2, 0.25) is 0 Å². The van der Waals surface area contributed by atoms with Crippen LogP contribution in [-0.2, 0) is 38.0 Å². The van der Waals surface area contributed by atoms with E-state index in [2.05, 4.69) is 0 Å². The molecule has 0 aromatic heterocycles. The van der Waals surface area contributed by atoms with E-state index in [0.29, 0.717) is 13.2 Å². The zero-order chi connectivity index (χ0) is 18.4. The summed E-state index contributed by atoms with van der Waals surface area (Å²) in [4.78, 5) is 24.5. The van der Waals surface area contributed by atoms with Gasteiger partial charge in [0.05, 0.1) is 13.2 Å². The molecule has 1 rings (SSSR count). The zero-order valence-electron chi connectivity index (χ0n) is 15.2. The topological polar surface area (TPSA) is 89.5 Å². The Morgan fingerprint density at radius 1 is 0.750 bits per heavy atom. The first-order valence-electron chi connectivity index (χ1n) is 8.25. The molecule has 1 aliphatic heterocycles. The van der Waals surface area contributed by atoms with E-state index in [0.717, 1.165) is 0 Å². The van der Waals surface area contributed by atoms with Crippen LogP contribution < -0.4 is 0 Å². The van der Waals surface area contributed by atoms with Crippen molar-refractivity contribution in [1.29, 1.82) is 0 Å². The Labute approximate surface area is 142 Å². The number of rotatable bonds is 8. The Balaban J connectivity index is 3.21. The van der Waals surface area contributed by atoms with Gasteiger partial charge >= 0.3 is 11.9 Å². The maximum atomic E-state index is 12.2. The molecular weight excluding hydrogens is 320 g/mol. The van der Waals surface area contributed by atoms with E-state index in [9.17, 15) is 9.59 Å². The predicted octanol–water partition coefficient (Wildman–Crippen LogP) is 1.40. The molecule has 0 unspecified atom stereocenters. The van der Waals surface area contributed by atoms with E-state index >= 15 is 0 Å². The molecule has 1 aliphatic rings. The molecule has 0 amide bonds. The molecule has 0 bridgehead atoms. The van der Waals surface area contributed by atoms with Gasteiger partial charge in [0, 0.05) is 13.2 Å². The minimum atomic E-state index is -1.40. The standard InChI is InChI=1S/C16H28O8/c1-7-19-13(17)11-12(14(18)20-8-2)24-16(6,22-10-4)15(5,23-11)21-9-3/h11-12H,7-10H2,1-6H3/t11-,12-,15+,16+/m1/s1. The van der Waals surface area contributed by atoms with E-state index in [1.54, 1.807) is 41.5 Å². The van der Waals surface area contributed by atoms with Gasteiger partial charge in [-0.3, -0.25) is 0 Å². The van der Waals surface area contributed by atoms with Crippen molar-refractivity contribution >= 4 is 11.9 Å². The van der Waals surface area contributed by atoms with Gasteiger partial charge in [-0.1, -0.05) is 0 Å². The van der Waals surface area contributed by atoms with Crippen molar-refractivity contribution in [2.24, 2.45) is 0 Å². The first kappa shape index (κ1) is 20.8. The quantitative estimate of drug-likeness (QED) is 0.608. The van der Waals surface area contributed by atoms with Crippen molar-refractivity contribution in [1.82, 2.24) is 0 Å². The molecule has 0 saturated carbocycles.